The minimum Gasteiger partial charge on any atom is -0.466 e. The first-order valence-corrected chi connectivity index (χ1v) is 16.8. The van der Waals surface area contributed by atoms with E-state index in [1.165, 1.54) is 0 Å². The van der Waals surface area contributed by atoms with Crippen molar-refractivity contribution in [1.82, 2.24) is 19.6 Å². The number of allylic oxidation sites excluding steroid dienone is 1. The van der Waals surface area contributed by atoms with E-state index in [9.17, 15) is 9.59 Å². The Labute approximate surface area is 288 Å². The Hall–Kier alpha value is -3.30. The van der Waals surface area contributed by atoms with Crippen LogP contribution in [0.2, 0.25) is 20.1 Å². The molecular formula is C34H34Cl4N4O4. The normalized spacial score (nSPS) is 16.2. The molecule has 12 heteroatoms. The lowest BCUT2D eigenvalue weighted by atomic mass is 9.85. The highest BCUT2D eigenvalue weighted by atomic mass is 35.5. The van der Waals surface area contributed by atoms with Gasteiger partial charge in [0, 0.05) is 17.3 Å². The zero-order valence-electron chi connectivity index (χ0n) is 25.6. The number of nitrogens with zero attached hydrogens (tertiary/aromatic N) is 4. The van der Waals surface area contributed by atoms with Gasteiger partial charge in [0.1, 0.15) is 0 Å². The van der Waals surface area contributed by atoms with Crippen molar-refractivity contribution in [2.45, 2.75) is 64.7 Å². The van der Waals surface area contributed by atoms with Crippen LogP contribution in [0.25, 0.3) is 16.9 Å². The molecule has 2 aliphatic carbocycles. The third-order valence-electron chi connectivity index (χ3n) is 7.97. The highest BCUT2D eigenvalue weighted by Crippen LogP contribution is 2.36. The molecule has 2 aliphatic rings. The number of hydrogen-bond donors (Lipinski definition) is 0. The van der Waals surface area contributed by atoms with Gasteiger partial charge < -0.3 is 9.47 Å². The van der Waals surface area contributed by atoms with E-state index >= 15 is 0 Å². The molecule has 242 valence electrons. The van der Waals surface area contributed by atoms with Crippen LogP contribution < -0.4 is 0 Å². The molecule has 4 aromatic rings. The highest BCUT2D eigenvalue weighted by molar-refractivity contribution is 6.42. The molecule has 1 atom stereocenters. The second kappa shape index (κ2) is 15.5. The molecule has 0 fully saturated rings. The molecule has 0 N–H and O–H groups in total. The molecule has 0 aliphatic heterocycles. The summed E-state index contributed by atoms with van der Waals surface area (Å²) in [5, 5.41) is 11.0. The molecule has 0 amide bonds. The summed E-state index contributed by atoms with van der Waals surface area (Å²) in [5.41, 5.74) is 7.06. The fourth-order valence-electron chi connectivity index (χ4n) is 5.90. The predicted octanol–water partition coefficient (Wildman–Crippen LogP) is 9.01. The van der Waals surface area contributed by atoms with Crippen LogP contribution >= 0.6 is 46.4 Å². The van der Waals surface area contributed by atoms with Gasteiger partial charge in [-0.3, -0.25) is 4.79 Å². The van der Waals surface area contributed by atoms with Gasteiger partial charge in [0.25, 0.3) is 0 Å². The number of aromatic nitrogens is 4. The van der Waals surface area contributed by atoms with Crippen molar-refractivity contribution < 1.29 is 19.1 Å². The van der Waals surface area contributed by atoms with E-state index in [0.29, 0.717) is 39.7 Å². The van der Waals surface area contributed by atoms with Gasteiger partial charge in [-0.1, -0.05) is 46.4 Å². The van der Waals surface area contributed by atoms with Gasteiger partial charge in [-0.15, -0.1) is 0 Å². The van der Waals surface area contributed by atoms with Crippen molar-refractivity contribution in [2.75, 3.05) is 13.2 Å². The molecule has 0 radical (unpaired) electrons. The minimum absolute atomic E-state index is 0.146. The SMILES string of the molecule is CCOC(=O)/C=C1\CCCc2c1cnn2-c1ccc(Cl)c(Cl)c1.CCOC(=O)CC1CCCc2c1cnn2-c1ccc(Cl)c(Cl)c1. The van der Waals surface area contributed by atoms with Gasteiger partial charge in [0.2, 0.25) is 0 Å². The average Bonchev–Trinajstić information content (AvgIpc) is 3.67. The number of fused-ring (bicyclic) bond motifs is 2. The molecule has 8 nitrogen and oxygen atoms in total. The number of esters is 2. The second-order valence-corrected chi connectivity index (χ2v) is 12.6. The van der Waals surface area contributed by atoms with Crippen molar-refractivity contribution >= 4 is 63.9 Å². The number of carbonyl (C=O) groups is 2. The monoisotopic (exact) mass is 702 g/mol. The summed E-state index contributed by atoms with van der Waals surface area (Å²) < 4.78 is 13.8. The number of ether oxygens (including phenoxy) is 2. The topological polar surface area (TPSA) is 88.2 Å². The molecule has 6 rings (SSSR count). The number of hydrogen-bond acceptors (Lipinski definition) is 6. The third kappa shape index (κ3) is 7.80. The fourth-order valence-corrected chi connectivity index (χ4v) is 6.49. The van der Waals surface area contributed by atoms with Crippen LogP contribution in [0.5, 0.6) is 0 Å². The zero-order chi connectivity index (χ0) is 32.8. The van der Waals surface area contributed by atoms with Gasteiger partial charge in [0.05, 0.1) is 69.2 Å². The van der Waals surface area contributed by atoms with E-state index in [1.807, 2.05) is 40.7 Å². The first kappa shape index (κ1) is 34.0. The van der Waals surface area contributed by atoms with E-state index in [4.69, 9.17) is 55.9 Å². The maximum atomic E-state index is 11.8. The van der Waals surface area contributed by atoms with Gasteiger partial charge in [-0.05, 0) is 106 Å². The van der Waals surface area contributed by atoms with Crippen molar-refractivity contribution in [3.63, 3.8) is 0 Å². The van der Waals surface area contributed by atoms with E-state index in [0.717, 1.165) is 78.0 Å². The summed E-state index contributed by atoms with van der Waals surface area (Å²) >= 11 is 24.2. The van der Waals surface area contributed by atoms with Crippen LogP contribution in [-0.2, 0) is 31.9 Å². The molecule has 0 saturated carbocycles. The lowest BCUT2D eigenvalue weighted by Crippen LogP contribution is -2.16. The second-order valence-electron chi connectivity index (χ2n) is 10.9. The smallest absolute Gasteiger partial charge is 0.331 e. The zero-order valence-corrected chi connectivity index (χ0v) is 28.6. The molecule has 2 heterocycles. The molecule has 0 spiro atoms. The average molecular weight is 704 g/mol. The summed E-state index contributed by atoms with van der Waals surface area (Å²) in [4.78, 5) is 23.5. The fraction of sp³-hybridized carbons (Fsp3) is 0.353. The van der Waals surface area contributed by atoms with Crippen LogP contribution in [0.15, 0.2) is 54.9 Å². The minimum atomic E-state index is -0.308. The van der Waals surface area contributed by atoms with Crippen molar-refractivity contribution in [3.8, 4) is 11.4 Å². The Bertz CT molecular complexity index is 1760. The summed E-state index contributed by atoms with van der Waals surface area (Å²) in [7, 11) is 0. The number of carbonyl (C=O) groups excluding carboxylic acids is 2. The van der Waals surface area contributed by atoms with Crippen LogP contribution in [0.4, 0.5) is 0 Å². The first-order valence-electron chi connectivity index (χ1n) is 15.3. The van der Waals surface area contributed by atoms with Crippen LogP contribution in [0.3, 0.4) is 0 Å². The van der Waals surface area contributed by atoms with Gasteiger partial charge >= 0.3 is 11.9 Å². The third-order valence-corrected chi connectivity index (χ3v) is 9.45. The standard InChI is InChI=1S/C17H18Cl2N2O2.C17H16Cl2N2O2/c2*1-2-23-17(22)8-11-4-3-5-16-13(11)10-20-21(16)12-6-7-14(18)15(19)9-12/h6-7,9-11H,2-5,8H2,1H3;6-10H,2-5H2,1H3/b;11-8+. The first-order chi connectivity index (χ1) is 22.2. The lowest BCUT2D eigenvalue weighted by Gasteiger charge is -2.22. The van der Waals surface area contributed by atoms with E-state index in [2.05, 4.69) is 10.2 Å². The van der Waals surface area contributed by atoms with E-state index in [1.54, 1.807) is 37.4 Å². The summed E-state index contributed by atoms with van der Waals surface area (Å²) in [6.45, 7) is 4.41. The van der Waals surface area contributed by atoms with Gasteiger partial charge in [0.15, 0.2) is 0 Å². The summed E-state index contributed by atoms with van der Waals surface area (Å²) in [5.74, 6) is -0.278. The Morgan fingerprint density at radius 3 is 2.04 bits per heavy atom. The Morgan fingerprint density at radius 2 is 1.41 bits per heavy atom. The van der Waals surface area contributed by atoms with Crippen molar-refractivity contribution in [3.05, 3.63) is 97.5 Å². The number of benzene rings is 2. The lowest BCUT2D eigenvalue weighted by molar-refractivity contribution is -0.143. The molecule has 2 aromatic carbocycles. The highest BCUT2D eigenvalue weighted by Gasteiger charge is 2.27. The summed E-state index contributed by atoms with van der Waals surface area (Å²) in [6, 6.07) is 10.9. The summed E-state index contributed by atoms with van der Waals surface area (Å²) in [6.07, 6.45) is 11.3. The number of halogens is 4. The largest absolute Gasteiger partial charge is 0.466 e. The Kier molecular flexibility index (Phi) is 11.5. The molecule has 2 aromatic heterocycles. The maximum absolute atomic E-state index is 11.8. The van der Waals surface area contributed by atoms with Crippen LogP contribution in [0.1, 0.15) is 74.4 Å². The van der Waals surface area contributed by atoms with E-state index < -0.39 is 0 Å². The molecule has 0 saturated heterocycles. The molecule has 46 heavy (non-hydrogen) atoms. The van der Waals surface area contributed by atoms with E-state index in [-0.39, 0.29) is 17.9 Å². The molecule has 0 bridgehead atoms. The predicted molar refractivity (Wildman–Crippen MR) is 182 cm³/mol. The number of rotatable bonds is 7. The molecule has 1 unspecified atom stereocenters. The van der Waals surface area contributed by atoms with Crippen molar-refractivity contribution in [1.29, 1.82) is 0 Å². The van der Waals surface area contributed by atoms with Crippen molar-refractivity contribution in [2.24, 2.45) is 0 Å². The molecular weight excluding hydrogens is 670 g/mol. The quantitative estimate of drug-likeness (QED) is 0.141. The van der Waals surface area contributed by atoms with Crippen LogP contribution in [-0.4, -0.2) is 44.7 Å². The maximum Gasteiger partial charge on any atom is 0.331 e. The Balaban J connectivity index is 0.000000181. The Morgan fingerprint density at radius 1 is 0.804 bits per heavy atom. The van der Waals surface area contributed by atoms with Gasteiger partial charge in [-0.25, -0.2) is 14.2 Å². The van der Waals surface area contributed by atoms with Gasteiger partial charge in [-0.2, -0.15) is 10.2 Å². The van der Waals surface area contributed by atoms with Crippen LogP contribution in [0, 0.1) is 0 Å².